The Morgan fingerprint density at radius 2 is 1.84 bits per heavy atom. The molecule has 1 saturated carbocycles. The maximum absolute atomic E-state index is 13.6. The highest BCUT2D eigenvalue weighted by atomic mass is 19.3. The van der Waals surface area contributed by atoms with Gasteiger partial charge < -0.3 is 0 Å². The molecule has 0 unspecified atom stereocenters. The van der Waals surface area contributed by atoms with Crippen LogP contribution < -0.4 is 0 Å². The zero-order valence-corrected chi connectivity index (χ0v) is 13.6. The minimum absolute atomic E-state index is 0.273. The number of alkyl halides is 2. The SMILES string of the molecule is CC(F)(F)c1nnc2ccc(-c3ccc(C4(C#N)CCC4)cc3)nn12. The minimum atomic E-state index is -3.13. The molecule has 5 nitrogen and oxygen atoms in total. The fourth-order valence-corrected chi connectivity index (χ4v) is 3.17. The molecular weight excluding hydrogens is 324 g/mol. The molecule has 3 aromatic rings. The summed E-state index contributed by atoms with van der Waals surface area (Å²) in [5.41, 5.74) is 2.23. The summed E-state index contributed by atoms with van der Waals surface area (Å²) in [4.78, 5) is 0. The van der Waals surface area contributed by atoms with E-state index in [0.717, 1.165) is 41.8 Å². The van der Waals surface area contributed by atoms with Gasteiger partial charge in [-0.3, -0.25) is 0 Å². The lowest BCUT2D eigenvalue weighted by Crippen LogP contribution is -2.32. The maximum atomic E-state index is 13.6. The molecule has 0 spiro atoms. The Kier molecular flexibility index (Phi) is 3.32. The Balaban J connectivity index is 1.74. The van der Waals surface area contributed by atoms with Crippen molar-refractivity contribution >= 4 is 5.65 Å². The number of hydrogen-bond acceptors (Lipinski definition) is 4. The van der Waals surface area contributed by atoms with Crippen molar-refractivity contribution in [3.63, 3.8) is 0 Å². The van der Waals surface area contributed by atoms with E-state index in [0.29, 0.717) is 5.69 Å². The summed E-state index contributed by atoms with van der Waals surface area (Å²) in [7, 11) is 0. The van der Waals surface area contributed by atoms with Crippen molar-refractivity contribution in [2.24, 2.45) is 0 Å². The molecular formula is C18H15F2N5. The number of benzene rings is 1. The Labute approximate surface area is 142 Å². The van der Waals surface area contributed by atoms with Crippen molar-refractivity contribution in [1.82, 2.24) is 19.8 Å². The third-order valence-electron chi connectivity index (χ3n) is 4.81. The molecule has 0 bridgehead atoms. The Bertz CT molecular complexity index is 975. The van der Waals surface area contributed by atoms with Gasteiger partial charge in [0.25, 0.3) is 0 Å². The molecule has 1 aromatic carbocycles. The van der Waals surface area contributed by atoms with E-state index in [2.05, 4.69) is 21.4 Å². The number of fused-ring (bicyclic) bond motifs is 1. The van der Waals surface area contributed by atoms with Gasteiger partial charge in [0, 0.05) is 12.5 Å². The lowest BCUT2D eigenvalue weighted by Gasteiger charge is -2.35. The highest BCUT2D eigenvalue weighted by Crippen LogP contribution is 2.43. The molecule has 1 fully saturated rings. The molecule has 0 radical (unpaired) electrons. The van der Waals surface area contributed by atoms with Crippen LogP contribution in [-0.4, -0.2) is 19.8 Å². The van der Waals surface area contributed by atoms with Crippen LogP contribution >= 0.6 is 0 Å². The smallest absolute Gasteiger partial charge is 0.198 e. The van der Waals surface area contributed by atoms with Crippen LogP contribution in [0.5, 0.6) is 0 Å². The van der Waals surface area contributed by atoms with Crippen LogP contribution in [-0.2, 0) is 11.3 Å². The molecule has 0 atom stereocenters. The van der Waals surface area contributed by atoms with Crippen molar-refractivity contribution in [2.75, 3.05) is 0 Å². The number of nitrogens with zero attached hydrogens (tertiary/aromatic N) is 5. The average molecular weight is 339 g/mol. The lowest BCUT2D eigenvalue weighted by molar-refractivity contribution is 0.00564. The van der Waals surface area contributed by atoms with Crippen LogP contribution in [0.2, 0.25) is 0 Å². The molecule has 1 aliphatic rings. The van der Waals surface area contributed by atoms with E-state index in [-0.39, 0.29) is 11.1 Å². The summed E-state index contributed by atoms with van der Waals surface area (Å²) in [6, 6.07) is 13.3. The Hall–Kier alpha value is -2.88. The van der Waals surface area contributed by atoms with Crippen LogP contribution in [0.3, 0.4) is 0 Å². The van der Waals surface area contributed by atoms with Gasteiger partial charge in [-0.25, -0.2) is 0 Å². The largest absolute Gasteiger partial charge is 0.305 e. The van der Waals surface area contributed by atoms with Crippen LogP contribution in [0.1, 0.15) is 37.6 Å². The standard InChI is InChI=1S/C18H15F2N5/c1-17(19,20)16-23-22-15-8-7-14(24-25(15)16)12-3-5-13(6-4-12)18(11-21)9-2-10-18/h3-8H,2,9-10H2,1H3. The normalized spacial score (nSPS) is 16.4. The first-order valence-electron chi connectivity index (χ1n) is 8.06. The molecule has 1 aliphatic carbocycles. The fourth-order valence-electron chi connectivity index (χ4n) is 3.17. The van der Waals surface area contributed by atoms with E-state index < -0.39 is 11.7 Å². The second-order valence-electron chi connectivity index (χ2n) is 6.53. The Morgan fingerprint density at radius 3 is 2.40 bits per heavy atom. The lowest BCUT2D eigenvalue weighted by atomic mass is 9.65. The third kappa shape index (κ3) is 2.45. The van der Waals surface area contributed by atoms with Crippen molar-refractivity contribution in [2.45, 2.75) is 37.5 Å². The van der Waals surface area contributed by atoms with Gasteiger partial charge in [-0.15, -0.1) is 10.2 Å². The molecule has 4 rings (SSSR count). The van der Waals surface area contributed by atoms with E-state index in [1.807, 2.05) is 24.3 Å². The maximum Gasteiger partial charge on any atom is 0.305 e. The first-order valence-corrected chi connectivity index (χ1v) is 8.06. The molecule has 126 valence electrons. The molecule has 25 heavy (non-hydrogen) atoms. The summed E-state index contributed by atoms with van der Waals surface area (Å²) < 4.78 is 28.3. The van der Waals surface area contributed by atoms with Crippen molar-refractivity contribution in [3.8, 4) is 17.3 Å². The highest BCUT2D eigenvalue weighted by molar-refractivity contribution is 5.61. The second-order valence-corrected chi connectivity index (χ2v) is 6.53. The first-order chi connectivity index (χ1) is 11.9. The molecule has 0 saturated heterocycles. The molecule has 7 heteroatoms. The van der Waals surface area contributed by atoms with Gasteiger partial charge in [0.2, 0.25) is 5.82 Å². The Morgan fingerprint density at radius 1 is 1.12 bits per heavy atom. The number of rotatable bonds is 3. The highest BCUT2D eigenvalue weighted by Gasteiger charge is 2.38. The van der Waals surface area contributed by atoms with E-state index in [1.54, 1.807) is 12.1 Å². The van der Waals surface area contributed by atoms with E-state index in [4.69, 9.17) is 0 Å². The van der Waals surface area contributed by atoms with Gasteiger partial charge in [-0.2, -0.15) is 23.7 Å². The van der Waals surface area contributed by atoms with Crippen LogP contribution in [0, 0.1) is 11.3 Å². The predicted octanol–water partition coefficient (Wildman–Crippen LogP) is 3.85. The van der Waals surface area contributed by atoms with Gasteiger partial charge in [0.1, 0.15) is 0 Å². The minimum Gasteiger partial charge on any atom is -0.198 e. The van der Waals surface area contributed by atoms with Gasteiger partial charge in [-0.1, -0.05) is 24.3 Å². The summed E-state index contributed by atoms with van der Waals surface area (Å²) in [5.74, 6) is -3.61. The van der Waals surface area contributed by atoms with Crippen molar-refractivity contribution in [3.05, 3.63) is 47.8 Å². The van der Waals surface area contributed by atoms with E-state index in [1.165, 1.54) is 0 Å². The second kappa shape index (κ2) is 5.31. The van der Waals surface area contributed by atoms with Crippen LogP contribution in [0.4, 0.5) is 8.78 Å². The van der Waals surface area contributed by atoms with Crippen molar-refractivity contribution in [1.29, 1.82) is 5.26 Å². The molecule has 0 aliphatic heterocycles. The fraction of sp³-hybridized carbons (Fsp3) is 0.333. The quantitative estimate of drug-likeness (QED) is 0.727. The number of hydrogen-bond donors (Lipinski definition) is 0. The summed E-state index contributed by atoms with van der Waals surface area (Å²) >= 11 is 0. The van der Waals surface area contributed by atoms with Gasteiger partial charge in [0.05, 0.1) is 17.2 Å². The van der Waals surface area contributed by atoms with Gasteiger partial charge >= 0.3 is 5.92 Å². The predicted molar refractivity (Wildman–Crippen MR) is 86.9 cm³/mol. The van der Waals surface area contributed by atoms with E-state index >= 15 is 0 Å². The topological polar surface area (TPSA) is 66.9 Å². The monoisotopic (exact) mass is 339 g/mol. The summed E-state index contributed by atoms with van der Waals surface area (Å²) in [6.45, 7) is 0.770. The third-order valence-corrected chi connectivity index (χ3v) is 4.81. The zero-order valence-electron chi connectivity index (χ0n) is 13.6. The average Bonchev–Trinajstić information content (AvgIpc) is 2.98. The molecule has 2 heterocycles. The van der Waals surface area contributed by atoms with E-state index in [9.17, 15) is 14.0 Å². The number of halogens is 2. The summed E-state index contributed by atoms with van der Waals surface area (Å²) in [5, 5.41) is 21.0. The number of aromatic nitrogens is 4. The van der Waals surface area contributed by atoms with Gasteiger partial charge in [-0.05, 0) is 37.0 Å². The van der Waals surface area contributed by atoms with Crippen LogP contribution in [0.25, 0.3) is 16.9 Å². The van der Waals surface area contributed by atoms with Crippen LogP contribution in [0.15, 0.2) is 36.4 Å². The summed E-state index contributed by atoms with van der Waals surface area (Å²) in [6.07, 6.45) is 2.82. The zero-order chi connectivity index (χ0) is 17.7. The molecule has 0 N–H and O–H groups in total. The molecule has 0 amide bonds. The molecule has 2 aromatic heterocycles. The van der Waals surface area contributed by atoms with Crippen molar-refractivity contribution < 1.29 is 8.78 Å². The van der Waals surface area contributed by atoms with Gasteiger partial charge in [0.15, 0.2) is 5.65 Å². The number of nitriles is 1. The first kappa shape index (κ1) is 15.6.